The van der Waals surface area contributed by atoms with Crippen LogP contribution in [0.25, 0.3) is 0 Å². The van der Waals surface area contributed by atoms with Crippen molar-refractivity contribution in [2.45, 2.75) is 19.5 Å². The van der Waals surface area contributed by atoms with Crippen LogP contribution in [0.2, 0.25) is 0 Å². The van der Waals surface area contributed by atoms with Gasteiger partial charge in [-0.05, 0) is 35.0 Å². The van der Waals surface area contributed by atoms with Gasteiger partial charge in [0.05, 0.1) is 24.2 Å². The molecule has 1 aliphatic heterocycles. The van der Waals surface area contributed by atoms with E-state index in [2.05, 4.69) is 0 Å². The van der Waals surface area contributed by atoms with Gasteiger partial charge < -0.3 is 4.90 Å². The Balaban J connectivity index is 1.44. The van der Waals surface area contributed by atoms with Crippen LogP contribution in [-0.4, -0.2) is 34.1 Å². The van der Waals surface area contributed by atoms with Gasteiger partial charge in [0.15, 0.2) is 0 Å². The molecule has 2 aromatic heterocycles. The molecule has 0 spiro atoms. The van der Waals surface area contributed by atoms with Gasteiger partial charge in [-0.1, -0.05) is 24.3 Å². The molecule has 0 radical (unpaired) electrons. The Kier molecular flexibility index (Phi) is 5.36. The topological polar surface area (TPSA) is 57.7 Å². The smallest absolute Gasteiger partial charge is 0.261 e. The lowest BCUT2D eigenvalue weighted by Crippen LogP contribution is -2.36. The first-order valence-electron chi connectivity index (χ1n) is 8.91. The van der Waals surface area contributed by atoms with E-state index < -0.39 is 0 Å². The lowest BCUT2D eigenvalue weighted by molar-refractivity contribution is -0.132. The lowest BCUT2D eigenvalue weighted by atomic mass is 10.1. The second-order valence-electron chi connectivity index (χ2n) is 6.47. The van der Waals surface area contributed by atoms with Crippen molar-refractivity contribution < 1.29 is 14.4 Å². The predicted molar refractivity (Wildman–Crippen MR) is 109 cm³/mol. The molecule has 4 rings (SSSR count). The number of carbonyl (C=O) groups is 3. The maximum Gasteiger partial charge on any atom is 0.261 e. The molecule has 3 heterocycles. The molecule has 0 atom stereocenters. The molecule has 1 aliphatic rings. The van der Waals surface area contributed by atoms with Gasteiger partial charge in [-0.3, -0.25) is 19.3 Å². The number of carbonyl (C=O) groups excluding carboxylic acids is 3. The Morgan fingerprint density at radius 3 is 1.82 bits per heavy atom. The molecule has 3 amide bonds. The fourth-order valence-electron chi connectivity index (χ4n) is 3.22. The number of amides is 3. The third kappa shape index (κ3) is 3.76. The largest absolute Gasteiger partial charge is 0.332 e. The van der Waals surface area contributed by atoms with E-state index >= 15 is 0 Å². The molecule has 0 fully saturated rings. The van der Waals surface area contributed by atoms with Gasteiger partial charge in [0, 0.05) is 22.7 Å². The minimum Gasteiger partial charge on any atom is -0.332 e. The van der Waals surface area contributed by atoms with E-state index in [1.54, 1.807) is 51.8 Å². The fourth-order valence-corrected chi connectivity index (χ4v) is 4.66. The Morgan fingerprint density at radius 1 is 0.821 bits per heavy atom. The summed E-state index contributed by atoms with van der Waals surface area (Å²) in [5.74, 6) is -0.716. The average molecular weight is 411 g/mol. The molecule has 3 aromatic rings. The van der Waals surface area contributed by atoms with Crippen LogP contribution in [0, 0.1) is 0 Å². The van der Waals surface area contributed by atoms with E-state index in [1.165, 1.54) is 4.90 Å². The second kappa shape index (κ2) is 8.08. The van der Waals surface area contributed by atoms with Crippen molar-refractivity contribution in [2.24, 2.45) is 0 Å². The van der Waals surface area contributed by atoms with Crippen molar-refractivity contribution in [1.82, 2.24) is 9.80 Å². The second-order valence-corrected chi connectivity index (χ2v) is 8.53. The molecule has 7 heteroatoms. The van der Waals surface area contributed by atoms with E-state index in [1.807, 2.05) is 35.0 Å². The fraction of sp³-hybridized carbons (Fsp3) is 0.190. The zero-order chi connectivity index (χ0) is 19.5. The van der Waals surface area contributed by atoms with Gasteiger partial charge in [0.2, 0.25) is 5.91 Å². The summed E-state index contributed by atoms with van der Waals surface area (Å²) in [6.45, 7) is 1.14. The minimum absolute atomic E-state index is 0.0710. The van der Waals surface area contributed by atoms with Crippen LogP contribution in [0.4, 0.5) is 0 Å². The van der Waals surface area contributed by atoms with Crippen LogP contribution in [0.1, 0.15) is 36.9 Å². The van der Waals surface area contributed by atoms with Crippen LogP contribution in [0.15, 0.2) is 59.3 Å². The summed E-state index contributed by atoms with van der Waals surface area (Å²) in [5, 5.41) is 3.98. The van der Waals surface area contributed by atoms with Crippen molar-refractivity contribution >= 4 is 40.4 Å². The van der Waals surface area contributed by atoms with E-state index in [9.17, 15) is 14.4 Å². The third-order valence-corrected chi connectivity index (χ3v) is 6.36. The van der Waals surface area contributed by atoms with E-state index in [0.717, 1.165) is 9.75 Å². The van der Waals surface area contributed by atoms with Crippen LogP contribution < -0.4 is 0 Å². The SMILES string of the molecule is O=C(CCN1C(=O)c2ccccc2C1=O)N(Cc1cccs1)Cc1cccs1. The van der Waals surface area contributed by atoms with Crippen LogP contribution in [-0.2, 0) is 17.9 Å². The quantitative estimate of drug-likeness (QED) is 0.553. The monoisotopic (exact) mass is 410 g/mol. The van der Waals surface area contributed by atoms with Crippen LogP contribution in [0.5, 0.6) is 0 Å². The third-order valence-electron chi connectivity index (χ3n) is 4.63. The number of rotatable bonds is 7. The number of hydrogen-bond acceptors (Lipinski definition) is 5. The molecule has 0 saturated heterocycles. The first kappa shape index (κ1) is 18.6. The molecule has 142 valence electrons. The highest BCUT2D eigenvalue weighted by Gasteiger charge is 2.35. The number of thiophene rings is 2. The van der Waals surface area contributed by atoms with Gasteiger partial charge in [-0.15, -0.1) is 22.7 Å². The van der Waals surface area contributed by atoms with E-state index in [-0.39, 0.29) is 30.7 Å². The normalized spacial score (nSPS) is 13.1. The van der Waals surface area contributed by atoms with Gasteiger partial charge in [0.1, 0.15) is 0 Å². The van der Waals surface area contributed by atoms with Crippen molar-refractivity contribution in [2.75, 3.05) is 6.54 Å². The van der Waals surface area contributed by atoms with Gasteiger partial charge >= 0.3 is 0 Å². The molecular weight excluding hydrogens is 392 g/mol. The number of nitrogens with zero attached hydrogens (tertiary/aromatic N) is 2. The van der Waals surface area contributed by atoms with Crippen molar-refractivity contribution in [3.63, 3.8) is 0 Å². The number of benzene rings is 1. The molecule has 28 heavy (non-hydrogen) atoms. The van der Waals surface area contributed by atoms with Gasteiger partial charge in [-0.25, -0.2) is 0 Å². The summed E-state index contributed by atoms with van der Waals surface area (Å²) in [6.07, 6.45) is 0.113. The maximum atomic E-state index is 12.9. The molecule has 0 unspecified atom stereocenters. The zero-order valence-electron chi connectivity index (χ0n) is 15.0. The molecular formula is C21H18N2O3S2. The highest BCUT2D eigenvalue weighted by molar-refractivity contribution is 7.10. The summed E-state index contributed by atoms with van der Waals surface area (Å²) in [6, 6.07) is 14.7. The summed E-state index contributed by atoms with van der Waals surface area (Å²) >= 11 is 3.22. The summed E-state index contributed by atoms with van der Waals surface area (Å²) in [5.41, 5.74) is 0.822. The zero-order valence-corrected chi connectivity index (χ0v) is 16.7. The predicted octanol–water partition coefficient (Wildman–Crippen LogP) is 4.02. The standard InChI is InChI=1S/C21H18N2O3S2/c24-19(9-10-23-20(25)17-7-1-2-8-18(17)21(23)26)22(13-15-5-3-11-27-15)14-16-6-4-12-28-16/h1-8,11-12H,9-10,13-14H2. The number of fused-ring (bicyclic) bond motifs is 1. The number of imide groups is 1. The molecule has 0 N–H and O–H groups in total. The highest BCUT2D eigenvalue weighted by atomic mass is 32.1. The summed E-state index contributed by atoms with van der Waals surface area (Å²) in [4.78, 5) is 43.1. The van der Waals surface area contributed by atoms with Crippen LogP contribution >= 0.6 is 22.7 Å². The Morgan fingerprint density at radius 2 is 1.36 bits per heavy atom. The lowest BCUT2D eigenvalue weighted by Gasteiger charge is -2.23. The Bertz CT molecular complexity index is 925. The molecule has 1 aromatic carbocycles. The van der Waals surface area contributed by atoms with Gasteiger partial charge in [0.25, 0.3) is 11.8 Å². The molecule has 0 aliphatic carbocycles. The van der Waals surface area contributed by atoms with Crippen LogP contribution in [0.3, 0.4) is 0 Å². The number of hydrogen-bond donors (Lipinski definition) is 0. The van der Waals surface area contributed by atoms with Crippen molar-refractivity contribution in [3.8, 4) is 0 Å². The van der Waals surface area contributed by atoms with Gasteiger partial charge in [-0.2, -0.15) is 0 Å². The molecule has 5 nitrogen and oxygen atoms in total. The minimum atomic E-state index is -0.323. The average Bonchev–Trinajstić information content (AvgIpc) is 3.44. The summed E-state index contributed by atoms with van der Waals surface area (Å²) < 4.78 is 0. The van der Waals surface area contributed by atoms with Crippen molar-refractivity contribution in [3.05, 3.63) is 80.2 Å². The van der Waals surface area contributed by atoms with Crippen molar-refractivity contribution in [1.29, 1.82) is 0 Å². The van der Waals surface area contributed by atoms with E-state index in [4.69, 9.17) is 0 Å². The maximum absolute atomic E-state index is 12.9. The Hall–Kier alpha value is -2.77. The van der Waals surface area contributed by atoms with E-state index in [0.29, 0.717) is 24.2 Å². The summed E-state index contributed by atoms with van der Waals surface area (Å²) in [7, 11) is 0. The molecule has 0 saturated carbocycles. The Labute approximate surface area is 170 Å². The first-order valence-corrected chi connectivity index (χ1v) is 10.7. The molecule has 0 bridgehead atoms. The highest BCUT2D eigenvalue weighted by Crippen LogP contribution is 2.23. The first-order chi connectivity index (χ1) is 13.6.